The fourth-order valence-electron chi connectivity index (χ4n) is 5.62. The van der Waals surface area contributed by atoms with Crippen molar-refractivity contribution >= 4 is 23.0 Å². The van der Waals surface area contributed by atoms with Gasteiger partial charge in [-0.05, 0) is 67.8 Å². The molecule has 5 rings (SSSR count). The van der Waals surface area contributed by atoms with Gasteiger partial charge in [-0.25, -0.2) is 13.8 Å². The predicted octanol–water partition coefficient (Wildman–Crippen LogP) is 7.45. The van der Waals surface area contributed by atoms with Crippen molar-refractivity contribution in [3.05, 3.63) is 107 Å². The molecule has 3 aromatic carbocycles. The Kier molecular flexibility index (Phi) is 9.57. The fourth-order valence-corrected chi connectivity index (χ4v) is 5.62. The molecule has 2 heterocycles. The number of halogens is 2. The largest absolute Gasteiger partial charge is 0.340 e. The van der Waals surface area contributed by atoms with Crippen LogP contribution in [0.1, 0.15) is 67.6 Å². The molecule has 1 aliphatic rings. The highest BCUT2D eigenvalue weighted by Gasteiger charge is 2.28. The molecule has 1 atom stereocenters. The third kappa shape index (κ3) is 7.09. The molecule has 1 saturated heterocycles. The third-order valence-corrected chi connectivity index (χ3v) is 7.90. The van der Waals surface area contributed by atoms with Gasteiger partial charge in [0, 0.05) is 31.1 Å². The lowest BCUT2D eigenvalue weighted by atomic mass is 9.97. The summed E-state index contributed by atoms with van der Waals surface area (Å²) in [5.74, 6) is -1.44. The summed E-state index contributed by atoms with van der Waals surface area (Å²) in [5.41, 5.74) is 4.23. The van der Waals surface area contributed by atoms with Crippen LogP contribution >= 0.6 is 0 Å². The number of nitrogens with zero attached hydrogens (tertiary/aromatic N) is 3. The molecular weight excluding hydrogens is 518 g/mol. The molecule has 41 heavy (non-hydrogen) atoms. The highest BCUT2D eigenvalue weighted by Crippen LogP contribution is 2.29. The van der Waals surface area contributed by atoms with E-state index < -0.39 is 11.6 Å². The maximum absolute atomic E-state index is 14.4. The monoisotopic (exact) mass is 556 g/mol. The van der Waals surface area contributed by atoms with Crippen LogP contribution in [0.15, 0.2) is 72.8 Å². The van der Waals surface area contributed by atoms with E-state index in [1.807, 2.05) is 29.2 Å². The lowest BCUT2D eigenvalue weighted by molar-refractivity contribution is -0.128. The van der Waals surface area contributed by atoms with Crippen LogP contribution < -0.4 is 0 Å². The number of amides is 1. The van der Waals surface area contributed by atoms with E-state index in [4.69, 9.17) is 4.98 Å². The van der Waals surface area contributed by atoms with Crippen molar-refractivity contribution in [2.75, 3.05) is 19.6 Å². The van der Waals surface area contributed by atoms with E-state index in [2.05, 4.69) is 41.1 Å². The number of unbranched alkanes of at least 4 members (excludes halogenated alkanes) is 1. The number of para-hydroxylation sites is 2. The van der Waals surface area contributed by atoms with Crippen LogP contribution in [0.4, 0.5) is 8.78 Å². The lowest BCUT2D eigenvalue weighted by Crippen LogP contribution is -2.37. The lowest BCUT2D eigenvalue weighted by Gasteiger charge is -2.31. The van der Waals surface area contributed by atoms with Crippen LogP contribution in [-0.4, -0.2) is 45.3 Å². The first-order chi connectivity index (χ1) is 20.0. The number of H-pyrrole nitrogens is 1. The maximum atomic E-state index is 14.4. The first kappa shape index (κ1) is 28.7. The van der Waals surface area contributed by atoms with Gasteiger partial charge in [-0.15, -0.1) is 0 Å². The number of benzene rings is 3. The number of piperidine rings is 1. The summed E-state index contributed by atoms with van der Waals surface area (Å²) < 4.78 is 28.2. The van der Waals surface area contributed by atoms with Crippen LogP contribution in [0, 0.1) is 11.6 Å². The quantitative estimate of drug-likeness (QED) is 0.195. The Hall–Kier alpha value is -3.84. The molecule has 0 bridgehead atoms. The van der Waals surface area contributed by atoms with Gasteiger partial charge in [-0.3, -0.25) is 9.69 Å². The van der Waals surface area contributed by atoms with Gasteiger partial charge in [0.1, 0.15) is 5.82 Å². The number of carbonyl (C=O) groups is 1. The van der Waals surface area contributed by atoms with Gasteiger partial charge in [0.05, 0.1) is 17.1 Å². The molecule has 5 nitrogen and oxygen atoms in total. The Bertz CT molecular complexity index is 1460. The molecule has 1 unspecified atom stereocenters. The van der Waals surface area contributed by atoms with E-state index in [9.17, 15) is 13.6 Å². The molecule has 0 spiro atoms. The number of carbonyl (C=O) groups excluding carboxylic acids is 1. The van der Waals surface area contributed by atoms with Crippen molar-refractivity contribution in [2.24, 2.45) is 0 Å². The zero-order valence-corrected chi connectivity index (χ0v) is 23.7. The number of fused-ring (bicyclic) bond motifs is 1. The van der Waals surface area contributed by atoms with Crippen molar-refractivity contribution in [1.82, 2.24) is 19.8 Å². The van der Waals surface area contributed by atoms with Gasteiger partial charge in [-0.1, -0.05) is 68.3 Å². The zero-order valence-electron chi connectivity index (χ0n) is 23.7. The molecule has 7 heteroatoms. The number of rotatable bonds is 11. The molecule has 1 fully saturated rings. The zero-order chi connectivity index (χ0) is 28.6. The molecule has 1 N–H and O–H groups in total. The van der Waals surface area contributed by atoms with Crippen molar-refractivity contribution < 1.29 is 13.6 Å². The Morgan fingerprint density at radius 2 is 1.76 bits per heavy atom. The van der Waals surface area contributed by atoms with Gasteiger partial charge in [-0.2, -0.15) is 0 Å². The normalized spacial score (nSPS) is 15.0. The van der Waals surface area contributed by atoms with Crippen LogP contribution in [-0.2, 0) is 17.8 Å². The maximum Gasteiger partial charge on any atom is 0.247 e. The average molecular weight is 557 g/mol. The van der Waals surface area contributed by atoms with E-state index >= 15 is 0 Å². The second-order valence-corrected chi connectivity index (χ2v) is 10.8. The number of hydrogen-bond acceptors (Lipinski definition) is 3. The van der Waals surface area contributed by atoms with Gasteiger partial charge >= 0.3 is 0 Å². The molecule has 0 aliphatic carbocycles. The number of nitrogens with one attached hydrogen (secondary N) is 1. The summed E-state index contributed by atoms with van der Waals surface area (Å²) in [6.45, 7) is 5.69. The first-order valence-corrected chi connectivity index (χ1v) is 14.7. The second kappa shape index (κ2) is 13.7. The van der Waals surface area contributed by atoms with E-state index in [-0.39, 0.29) is 17.5 Å². The minimum atomic E-state index is -0.961. The minimum Gasteiger partial charge on any atom is -0.340 e. The SMILES string of the molecule is CCCCN(C(=O)C=Cc1cccc(F)c1F)C(Cc1ccccc1CN1CCCCC1)c1nc2ccccc2[nH]1. The molecule has 0 radical (unpaired) electrons. The van der Waals surface area contributed by atoms with E-state index in [1.54, 1.807) is 0 Å². The topological polar surface area (TPSA) is 52.2 Å². The first-order valence-electron chi connectivity index (χ1n) is 14.7. The molecule has 4 aromatic rings. The van der Waals surface area contributed by atoms with E-state index in [0.29, 0.717) is 18.8 Å². The van der Waals surface area contributed by atoms with Crippen LogP contribution in [0.25, 0.3) is 17.1 Å². The highest BCUT2D eigenvalue weighted by molar-refractivity contribution is 5.92. The molecule has 1 aromatic heterocycles. The van der Waals surface area contributed by atoms with E-state index in [1.165, 1.54) is 54.7 Å². The van der Waals surface area contributed by atoms with Crippen LogP contribution in [0.2, 0.25) is 0 Å². The smallest absolute Gasteiger partial charge is 0.247 e. The Labute approximate surface area is 240 Å². The summed E-state index contributed by atoms with van der Waals surface area (Å²) >= 11 is 0. The Morgan fingerprint density at radius 3 is 2.54 bits per heavy atom. The van der Waals surface area contributed by atoms with Crippen molar-refractivity contribution in [3.63, 3.8) is 0 Å². The molecule has 1 aliphatic heterocycles. The minimum absolute atomic E-state index is 0.0426. The van der Waals surface area contributed by atoms with Gasteiger partial charge in [0.2, 0.25) is 5.91 Å². The summed E-state index contributed by atoms with van der Waals surface area (Å²) in [5, 5.41) is 0. The fraction of sp³-hybridized carbons (Fsp3) is 0.353. The molecular formula is C34H38F2N4O. The predicted molar refractivity (Wildman–Crippen MR) is 160 cm³/mol. The Balaban J connectivity index is 1.51. The number of imidazole rings is 1. The number of aromatic nitrogens is 2. The van der Waals surface area contributed by atoms with Crippen molar-refractivity contribution in [1.29, 1.82) is 0 Å². The average Bonchev–Trinajstić information content (AvgIpc) is 3.43. The van der Waals surface area contributed by atoms with E-state index in [0.717, 1.165) is 49.6 Å². The summed E-state index contributed by atoms with van der Waals surface area (Å²) in [6, 6.07) is 19.9. The van der Waals surface area contributed by atoms with Crippen LogP contribution in [0.5, 0.6) is 0 Å². The Morgan fingerprint density at radius 1 is 1.00 bits per heavy atom. The van der Waals surface area contributed by atoms with Gasteiger partial charge in [0.15, 0.2) is 11.6 Å². The standard InChI is InChI=1S/C34H38F2N4O/c1-2-3-22-40(32(41)19-18-25-14-11-15-28(35)33(25)36)31(34-37-29-16-7-8-17-30(29)38-34)23-26-12-5-6-13-27(26)24-39-20-9-4-10-21-39/h5-8,11-19,31H,2-4,9-10,20-24H2,1H3,(H,37,38). The molecule has 214 valence electrons. The van der Waals surface area contributed by atoms with Gasteiger partial charge < -0.3 is 9.88 Å². The number of likely N-dealkylation sites (tertiary alicyclic amines) is 1. The third-order valence-electron chi connectivity index (χ3n) is 7.90. The van der Waals surface area contributed by atoms with Crippen molar-refractivity contribution in [2.45, 2.75) is 58.0 Å². The summed E-state index contributed by atoms with van der Waals surface area (Å²) in [4.78, 5) is 26.5. The van der Waals surface area contributed by atoms with Crippen LogP contribution in [0.3, 0.4) is 0 Å². The molecule has 1 amide bonds. The highest BCUT2D eigenvalue weighted by atomic mass is 19.2. The molecule has 0 saturated carbocycles. The summed E-state index contributed by atoms with van der Waals surface area (Å²) in [6.07, 6.45) is 8.74. The van der Waals surface area contributed by atoms with Gasteiger partial charge in [0.25, 0.3) is 0 Å². The number of hydrogen-bond donors (Lipinski definition) is 1. The second-order valence-electron chi connectivity index (χ2n) is 10.8. The summed E-state index contributed by atoms with van der Waals surface area (Å²) in [7, 11) is 0. The number of aromatic amines is 1. The van der Waals surface area contributed by atoms with Crippen molar-refractivity contribution in [3.8, 4) is 0 Å².